The summed E-state index contributed by atoms with van der Waals surface area (Å²) >= 11 is 6.21. The second-order valence-electron chi connectivity index (χ2n) is 7.60. The molecule has 1 fully saturated rings. The molecule has 31 heavy (non-hydrogen) atoms. The Labute approximate surface area is 183 Å². The minimum absolute atomic E-state index is 0.156. The molecule has 0 amide bonds. The van der Waals surface area contributed by atoms with Gasteiger partial charge >= 0.3 is 0 Å². The van der Waals surface area contributed by atoms with Gasteiger partial charge in [-0.15, -0.1) is 0 Å². The van der Waals surface area contributed by atoms with Gasteiger partial charge in [-0.05, 0) is 24.6 Å². The molecule has 162 valence electrons. The molecule has 3 N–H and O–H groups in total. The summed E-state index contributed by atoms with van der Waals surface area (Å²) in [5.74, 6) is 0.940. The zero-order valence-corrected chi connectivity index (χ0v) is 17.6. The molecule has 3 aromatic rings. The van der Waals surface area contributed by atoms with E-state index in [4.69, 9.17) is 16.6 Å². The first-order valence-corrected chi connectivity index (χ1v) is 10.6. The number of rotatable bonds is 5. The van der Waals surface area contributed by atoms with Crippen molar-refractivity contribution in [2.75, 3.05) is 43.1 Å². The Morgan fingerprint density at radius 3 is 3.10 bits per heavy atom. The second-order valence-corrected chi connectivity index (χ2v) is 8.01. The third kappa shape index (κ3) is 3.74. The molecule has 0 radical (unpaired) electrons. The molecule has 2 aromatic heterocycles. The number of hydrogen-bond acceptors (Lipinski definition) is 7. The fraction of sp³-hybridized carbons (Fsp3) is 0.333. The molecule has 1 aromatic carbocycles. The van der Waals surface area contributed by atoms with Crippen LogP contribution in [0.15, 0.2) is 36.8 Å². The largest absolute Gasteiger partial charge is 0.396 e. The van der Waals surface area contributed by atoms with Gasteiger partial charge in [0.1, 0.15) is 23.4 Å². The maximum absolute atomic E-state index is 14.4. The first-order chi connectivity index (χ1) is 15.2. The fourth-order valence-electron chi connectivity index (χ4n) is 4.16. The number of aromatic nitrogens is 3. The van der Waals surface area contributed by atoms with Crippen molar-refractivity contribution in [2.45, 2.75) is 12.5 Å². The highest BCUT2D eigenvalue weighted by atomic mass is 35.5. The van der Waals surface area contributed by atoms with E-state index in [9.17, 15) is 9.50 Å². The van der Waals surface area contributed by atoms with Crippen LogP contribution in [0, 0.1) is 5.82 Å². The predicted molar refractivity (Wildman–Crippen MR) is 119 cm³/mol. The minimum Gasteiger partial charge on any atom is -0.396 e. The van der Waals surface area contributed by atoms with Crippen molar-refractivity contribution in [3.8, 4) is 0 Å². The molecule has 4 heterocycles. The fourth-order valence-corrected chi connectivity index (χ4v) is 4.37. The Hall–Kier alpha value is -2.72. The molecule has 10 heteroatoms. The van der Waals surface area contributed by atoms with Crippen LogP contribution in [0.1, 0.15) is 12.1 Å². The van der Waals surface area contributed by atoms with Crippen LogP contribution in [-0.4, -0.2) is 63.3 Å². The van der Waals surface area contributed by atoms with Gasteiger partial charge in [0.2, 0.25) is 0 Å². The van der Waals surface area contributed by atoms with E-state index >= 15 is 0 Å². The number of para-hydroxylation sites is 1. The number of hydrazine groups is 1. The zero-order chi connectivity index (χ0) is 21.4. The molecule has 0 spiro atoms. The Morgan fingerprint density at radius 1 is 1.35 bits per heavy atom. The molecule has 1 saturated heterocycles. The van der Waals surface area contributed by atoms with Gasteiger partial charge in [-0.3, -0.25) is 9.41 Å². The van der Waals surface area contributed by atoms with E-state index < -0.39 is 5.82 Å². The maximum Gasteiger partial charge on any atom is 0.157 e. The molecule has 2 aliphatic rings. The summed E-state index contributed by atoms with van der Waals surface area (Å²) in [4.78, 5) is 9.11. The normalized spacial score (nSPS) is 19.1. The van der Waals surface area contributed by atoms with E-state index in [1.165, 1.54) is 6.07 Å². The van der Waals surface area contributed by atoms with Crippen LogP contribution in [0.25, 0.3) is 11.6 Å². The van der Waals surface area contributed by atoms with Gasteiger partial charge in [0.25, 0.3) is 0 Å². The van der Waals surface area contributed by atoms with E-state index in [0.29, 0.717) is 18.8 Å². The lowest BCUT2D eigenvalue weighted by molar-refractivity contribution is 0.162. The number of halogens is 2. The molecule has 1 unspecified atom stereocenters. The van der Waals surface area contributed by atoms with Gasteiger partial charge in [-0.2, -0.15) is 0 Å². The van der Waals surface area contributed by atoms with Crippen molar-refractivity contribution in [3.05, 3.63) is 53.3 Å². The lowest BCUT2D eigenvalue weighted by Gasteiger charge is -2.43. The molecule has 0 saturated carbocycles. The first kappa shape index (κ1) is 20.2. The SMILES string of the molecule is OCCC1CN(N2CC=Cc3nc(Nc4c(F)cccc4Cl)c4cncn4c32)CCN1. The summed E-state index contributed by atoms with van der Waals surface area (Å²) in [7, 11) is 0. The van der Waals surface area contributed by atoms with Crippen molar-refractivity contribution < 1.29 is 9.50 Å². The Morgan fingerprint density at radius 2 is 2.26 bits per heavy atom. The minimum atomic E-state index is -0.447. The van der Waals surface area contributed by atoms with Crippen molar-refractivity contribution in [1.82, 2.24) is 24.7 Å². The molecule has 0 bridgehead atoms. The summed E-state index contributed by atoms with van der Waals surface area (Å²) in [6.45, 7) is 3.33. The number of nitrogens with zero attached hydrogens (tertiary/aromatic N) is 5. The second kappa shape index (κ2) is 8.43. The topological polar surface area (TPSA) is 81.0 Å². The smallest absolute Gasteiger partial charge is 0.157 e. The Kier molecular flexibility index (Phi) is 5.49. The number of anilines is 3. The molecule has 2 aliphatic heterocycles. The highest BCUT2D eigenvalue weighted by Crippen LogP contribution is 2.34. The van der Waals surface area contributed by atoms with Crippen LogP contribution in [0.2, 0.25) is 5.02 Å². The van der Waals surface area contributed by atoms with Gasteiger partial charge in [0.05, 0.1) is 23.5 Å². The molecule has 5 rings (SSSR count). The van der Waals surface area contributed by atoms with Crippen LogP contribution < -0.4 is 15.6 Å². The lowest BCUT2D eigenvalue weighted by atomic mass is 10.1. The van der Waals surface area contributed by atoms with Gasteiger partial charge in [0, 0.05) is 32.3 Å². The summed E-state index contributed by atoms with van der Waals surface area (Å²) in [5.41, 5.74) is 1.66. The van der Waals surface area contributed by atoms with Crippen molar-refractivity contribution in [1.29, 1.82) is 0 Å². The van der Waals surface area contributed by atoms with Crippen LogP contribution >= 0.6 is 11.6 Å². The molecular weight excluding hydrogens is 421 g/mol. The van der Waals surface area contributed by atoms with Crippen molar-refractivity contribution >= 4 is 40.5 Å². The molecule has 0 aliphatic carbocycles. The summed E-state index contributed by atoms with van der Waals surface area (Å²) < 4.78 is 16.3. The first-order valence-electron chi connectivity index (χ1n) is 10.3. The summed E-state index contributed by atoms with van der Waals surface area (Å²) in [6, 6.07) is 4.78. The standard InChI is InChI=1S/C21H23ClFN7O/c22-15-3-1-4-16(23)19(15)27-20-18-11-24-13-29(18)21-17(26-20)5-2-8-30(21)28-9-7-25-14(12-28)6-10-31/h1-5,11,13-14,25,31H,6-10,12H2,(H,26,27). The average Bonchev–Trinajstić information content (AvgIpc) is 3.27. The number of hydrogen-bond donors (Lipinski definition) is 3. The highest BCUT2D eigenvalue weighted by Gasteiger charge is 2.29. The van der Waals surface area contributed by atoms with Gasteiger partial charge in [0.15, 0.2) is 11.6 Å². The lowest BCUT2D eigenvalue weighted by Crippen LogP contribution is -2.58. The number of fused-ring (bicyclic) bond motifs is 3. The number of benzene rings is 1. The van der Waals surface area contributed by atoms with Crippen LogP contribution in [0.5, 0.6) is 0 Å². The molecule has 1 atom stereocenters. The highest BCUT2D eigenvalue weighted by molar-refractivity contribution is 6.33. The van der Waals surface area contributed by atoms with E-state index in [1.54, 1.807) is 24.7 Å². The van der Waals surface area contributed by atoms with Crippen molar-refractivity contribution in [2.24, 2.45) is 0 Å². The Bertz CT molecular complexity index is 1110. The van der Waals surface area contributed by atoms with Crippen LogP contribution in [-0.2, 0) is 0 Å². The monoisotopic (exact) mass is 443 g/mol. The zero-order valence-electron chi connectivity index (χ0n) is 16.8. The summed E-state index contributed by atoms with van der Waals surface area (Å²) in [5, 5.41) is 20.6. The van der Waals surface area contributed by atoms with Crippen LogP contribution in [0.3, 0.4) is 0 Å². The van der Waals surface area contributed by atoms with Crippen molar-refractivity contribution in [3.63, 3.8) is 0 Å². The summed E-state index contributed by atoms with van der Waals surface area (Å²) in [6.07, 6.45) is 8.17. The number of nitrogens with one attached hydrogen (secondary N) is 2. The maximum atomic E-state index is 14.4. The third-order valence-corrected chi connectivity index (χ3v) is 5.94. The van der Waals surface area contributed by atoms with Crippen LogP contribution in [0.4, 0.5) is 21.7 Å². The Balaban J connectivity index is 1.54. The average molecular weight is 444 g/mol. The molecule has 8 nitrogen and oxygen atoms in total. The molecular formula is C21H23ClFN7O. The number of piperazine rings is 1. The van der Waals surface area contributed by atoms with Gasteiger partial charge < -0.3 is 15.7 Å². The van der Waals surface area contributed by atoms with E-state index in [1.807, 2.05) is 10.5 Å². The van der Waals surface area contributed by atoms with Gasteiger partial charge in [-0.25, -0.2) is 19.4 Å². The van der Waals surface area contributed by atoms with Gasteiger partial charge in [-0.1, -0.05) is 23.7 Å². The van der Waals surface area contributed by atoms with E-state index in [0.717, 1.165) is 36.7 Å². The third-order valence-electron chi connectivity index (χ3n) is 5.63. The van der Waals surface area contributed by atoms with E-state index in [-0.39, 0.29) is 23.4 Å². The number of aliphatic hydroxyl groups is 1. The quantitative estimate of drug-likeness (QED) is 0.559. The number of imidazole rings is 1. The predicted octanol–water partition coefficient (Wildman–Crippen LogP) is 2.67. The number of aliphatic hydroxyl groups excluding tert-OH is 1. The van der Waals surface area contributed by atoms with E-state index in [2.05, 4.69) is 31.7 Å².